The molecule has 2 unspecified atom stereocenters. The Kier molecular flexibility index (Phi) is 4.22. The topological polar surface area (TPSA) is 18.5 Å². The zero-order chi connectivity index (χ0) is 11.5. The summed E-state index contributed by atoms with van der Waals surface area (Å²) in [6.45, 7) is 13.2. The Balaban J connectivity index is 1.83. The van der Waals surface area contributed by atoms with E-state index in [1.54, 1.807) is 0 Å². The summed E-state index contributed by atoms with van der Waals surface area (Å²) in [7, 11) is 0. The molecule has 0 bridgehead atoms. The van der Waals surface area contributed by atoms with E-state index in [4.69, 9.17) is 0 Å². The van der Waals surface area contributed by atoms with Gasteiger partial charge in [-0.1, -0.05) is 0 Å². The molecule has 94 valence electrons. The molecule has 2 atom stereocenters. The molecule has 0 spiro atoms. The van der Waals surface area contributed by atoms with E-state index in [0.29, 0.717) is 12.1 Å². The van der Waals surface area contributed by atoms with E-state index in [1.807, 2.05) is 0 Å². The number of hydrogen-bond donors (Lipinski definition) is 1. The molecule has 2 fully saturated rings. The van der Waals surface area contributed by atoms with Gasteiger partial charge in [0.1, 0.15) is 0 Å². The molecular weight excluding hydrogens is 198 g/mol. The van der Waals surface area contributed by atoms with Crippen molar-refractivity contribution < 1.29 is 0 Å². The number of nitrogens with one attached hydrogen (secondary N) is 1. The van der Waals surface area contributed by atoms with Crippen LogP contribution >= 0.6 is 0 Å². The molecule has 0 aliphatic carbocycles. The summed E-state index contributed by atoms with van der Waals surface area (Å²) in [5.74, 6) is 0. The van der Waals surface area contributed by atoms with Gasteiger partial charge in [-0.25, -0.2) is 0 Å². The van der Waals surface area contributed by atoms with Crippen molar-refractivity contribution in [3.8, 4) is 0 Å². The van der Waals surface area contributed by atoms with Crippen LogP contribution < -0.4 is 5.32 Å². The highest BCUT2D eigenvalue weighted by Crippen LogP contribution is 2.18. The summed E-state index contributed by atoms with van der Waals surface area (Å²) >= 11 is 0. The van der Waals surface area contributed by atoms with E-state index >= 15 is 0 Å². The van der Waals surface area contributed by atoms with Crippen molar-refractivity contribution in [1.29, 1.82) is 0 Å². The molecule has 2 aliphatic heterocycles. The van der Waals surface area contributed by atoms with Crippen LogP contribution in [0.4, 0.5) is 0 Å². The zero-order valence-corrected chi connectivity index (χ0v) is 11.1. The molecule has 0 radical (unpaired) electrons. The molecule has 3 heteroatoms. The van der Waals surface area contributed by atoms with Crippen LogP contribution in [0.1, 0.15) is 33.6 Å². The van der Waals surface area contributed by atoms with Crippen molar-refractivity contribution in [2.24, 2.45) is 0 Å². The first kappa shape index (κ1) is 12.3. The fourth-order valence-electron chi connectivity index (χ4n) is 3.11. The van der Waals surface area contributed by atoms with Crippen LogP contribution in [0.5, 0.6) is 0 Å². The van der Waals surface area contributed by atoms with E-state index in [9.17, 15) is 0 Å². The summed E-state index contributed by atoms with van der Waals surface area (Å²) in [6, 6.07) is 2.17. The normalized spacial score (nSPS) is 34.5. The minimum Gasteiger partial charge on any atom is -0.313 e. The van der Waals surface area contributed by atoms with Gasteiger partial charge in [0.2, 0.25) is 0 Å². The maximum atomic E-state index is 3.61. The predicted molar refractivity (Wildman–Crippen MR) is 68.8 cm³/mol. The van der Waals surface area contributed by atoms with Crippen molar-refractivity contribution >= 4 is 0 Å². The number of piperidine rings is 1. The number of nitrogens with zero attached hydrogens (tertiary/aromatic N) is 2. The highest BCUT2D eigenvalue weighted by molar-refractivity contribution is 4.88. The lowest BCUT2D eigenvalue weighted by atomic mass is 9.97. The van der Waals surface area contributed by atoms with Gasteiger partial charge in [0.25, 0.3) is 0 Å². The maximum Gasteiger partial charge on any atom is 0.0248 e. The van der Waals surface area contributed by atoms with Crippen molar-refractivity contribution in [2.75, 3.05) is 32.7 Å². The number of rotatable bonds is 2. The van der Waals surface area contributed by atoms with E-state index < -0.39 is 0 Å². The highest BCUT2D eigenvalue weighted by Gasteiger charge is 2.29. The Labute approximate surface area is 100 Å². The highest BCUT2D eigenvalue weighted by atomic mass is 15.3. The minimum atomic E-state index is 0.680. The molecule has 0 aromatic heterocycles. The predicted octanol–water partition coefficient (Wildman–Crippen LogP) is 1.15. The Morgan fingerprint density at radius 2 is 1.81 bits per heavy atom. The Morgan fingerprint density at radius 1 is 1.12 bits per heavy atom. The van der Waals surface area contributed by atoms with Gasteiger partial charge < -0.3 is 5.32 Å². The largest absolute Gasteiger partial charge is 0.313 e. The molecule has 0 amide bonds. The van der Waals surface area contributed by atoms with Crippen LogP contribution in [-0.2, 0) is 0 Å². The van der Waals surface area contributed by atoms with Gasteiger partial charge in [-0.3, -0.25) is 9.80 Å². The molecule has 2 heterocycles. The number of hydrogen-bond acceptors (Lipinski definition) is 3. The van der Waals surface area contributed by atoms with Crippen LogP contribution in [0.3, 0.4) is 0 Å². The lowest BCUT2D eigenvalue weighted by molar-refractivity contribution is 0.0547. The molecule has 0 saturated carbocycles. The van der Waals surface area contributed by atoms with E-state index in [-0.39, 0.29) is 0 Å². The SMILES string of the molecule is CC1NCCCC1N1CCN(C(C)C)CC1. The summed E-state index contributed by atoms with van der Waals surface area (Å²) < 4.78 is 0. The van der Waals surface area contributed by atoms with Crippen molar-refractivity contribution in [2.45, 2.75) is 51.7 Å². The molecule has 2 saturated heterocycles. The third-order valence-electron chi connectivity index (χ3n) is 4.27. The minimum absolute atomic E-state index is 0.680. The fourth-order valence-corrected chi connectivity index (χ4v) is 3.11. The van der Waals surface area contributed by atoms with Crippen LogP contribution in [0.25, 0.3) is 0 Å². The quantitative estimate of drug-likeness (QED) is 0.760. The van der Waals surface area contributed by atoms with Crippen molar-refractivity contribution in [1.82, 2.24) is 15.1 Å². The second kappa shape index (κ2) is 5.48. The summed E-state index contributed by atoms with van der Waals surface area (Å²) in [5, 5.41) is 3.61. The monoisotopic (exact) mass is 225 g/mol. The molecular formula is C13H27N3. The molecule has 16 heavy (non-hydrogen) atoms. The summed E-state index contributed by atoms with van der Waals surface area (Å²) in [5.41, 5.74) is 0. The van der Waals surface area contributed by atoms with Gasteiger partial charge >= 0.3 is 0 Å². The van der Waals surface area contributed by atoms with Crippen LogP contribution in [0.2, 0.25) is 0 Å². The second-order valence-corrected chi connectivity index (χ2v) is 5.62. The van der Waals surface area contributed by atoms with Gasteiger partial charge in [-0.15, -0.1) is 0 Å². The van der Waals surface area contributed by atoms with Crippen LogP contribution in [-0.4, -0.2) is 60.6 Å². The molecule has 2 aliphatic rings. The van der Waals surface area contributed by atoms with Gasteiger partial charge in [0, 0.05) is 44.3 Å². The van der Waals surface area contributed by atoms with E-state index in [0.717, 1.165) is 6.04 Å². The van der Waals surface area contributed by atoms with Crippen LogP contribution in [0.15, 0.2) is 0 Å². The maximum absolute atomic E-state index is 3.61. The number of piperazine rings is 1. The van der Waals surface area contributed by atoms with Crippen molar-refractivity contribution in [3.63, 3.8) is 0 Å². The van der Waals surface area contributed by atoms with Gasteiger partial charge in [-0.2, -0.15) is 0 Å². The van der Waals surface area contributed by atoms with Gasteiger partial charge in [0.05, 0.1) is 0 Å². The second-order valence-electron chi connectivity index (χ2n) is 5.62. The average Bonchev–Trinajstić information content (AvgIpc) is 2.30. The standard InChI is InChI=1S/C13H27N3/c1-11(2)15-7-9-16(10-8-15)13-5-4-6-14-12(13)3/h11-14H,4-10H2,1-3H3. The molecule has 1 N–H and O–H groups in total. The Hall–Kier alpha value is -0.120. The van der Waals surface area contributed by atoms with Crippen molar-refractivity contribution in [3.05, 3.63) is 0 Å². The molecule has 0 aromatic rings. The zero-order valence-electron chi connectivity index (χ0n) is 11.1. The third kappa shape index (κ3) is 2.76. The lowest BCUT2D eigenvalue weighted by Crippen LogP contribution is -2.58. The molecule has 2 rings (SSSR count). The lowest BCUT2D eigenvalue weighted by Gasteiger charge is -2.44. The Bertz CT molecular complexity index is 209. The van der Waals surface area contributed by atoms with E-state index in [1.165, 1.54) is 45.6 Å². The van der Waals surface area contributed by atoms with E-state index in [2.05, 4.69) is 35.9 Å². The summed E-state index contributed by atoms with van der Waals surface area (Å²) in [6.07, 6.45) is 2.73. The average molecular weight is 225 g/mol. The Morgan fingerprint density at radius 3 is 2.38 bits per heavy atom. The molecule has 3 nitrogen and oxygen atoms in total. The fraction of sp³-hybridized carbons (Fsp3) is 1.00. The third-order valence-corrected chi connectivity index (χ3v) is 4.27. The van der Waals surface area contributed by atoms with Gasteiger partial charge in [-0.05, 0) is 40.2 Å². The first-order valence-corrected chi connectivity index (χ1v) is 6.90. The first-order chi connectivity index (χ1) is 7.68. The summed E-state index contributed by atoms with van der Waals surface area (Å²) in [4.78, 5) is 5.30. The smallest absolute Gasteiger partial charge is 0.0248 e. The molecule has 0 aromatic carbocycles. The van der Waals surface area contributed by atoms with Gasteiger partial charge in [0.15, 0.2) is 0 Å². The first-order valence-electron chi connectivity index (χ1n) is 6.90. The van der Waals surface area contributed by atoms with Crippen LogP contribution in [0, 0.1) is 0 Å².